The first kappa shape index (κ1) is 11.3. The van der Waals surface area contributed by atoms with Crippen LogP contribution < -0.4 is 10.7 Å². The molecule has 1 saturated heterocycles. The molecule has 1 fully saturated rings. The van der Waals surface area contributed by atoms with Gasteiger partial charge >= 0.3 is 0 Å². The van der Waals surface area contributed by atoms with Gasteiger partial charge in [0, 0.05) is 5.02 Å². The fourth-order valence-corrected chi connectivity index (χ4v) is 2.04. The number of halogens is 1. The van der Waals surface area contributed by atoms with Gasteiger partial charge in [-0.15, -0.1) is 5.10 Å². The Morgan fingerprint density at radius 2 is 2.12 bits per heavy atom. The minimum atomic E-state index is -0.0780. The van der Waals surface area contributed by atoms with Crippen molar-refractivity contribution < 1.29 is 4.79 Å². The molecule has 84 valence electrons. The van der Waals surface area contributed by atoms with Gasteiger partial charge in [0.05, 0.1) is 10.9 Å². The second-order valence-corrected chi connectivity index (χ2v) is 5.05. The number of hydrogen-bond acceptors (Lipinski definition) is 4. The Morgan fingerprint density at radius 1 is 1.44 bits per heavy atom. The molecule has 1 heterocycles. The molecule has 1 atom stereocenters. The summed E-state index contributed by atoms with van der Waals surface area (Å²) < 4.78 is 0. The van der Waals surface area contributed by atoms with Gasteiger partial charge in [-0.25, -0.2) is 0 Å². The molecule has 1 aliphatic heterocycles. The monoisotopic (exact) mass is 255 g/mol. The van der Waals surface area contributed by atoms with Crippen molar-refractivity contribution in [1.82, 2.24) is 5.32 Å². The van der Waals surface area contributed by atoms with Crippen molar-refractivity contribution in [2.45, 2.75) is 12.2 Å². The molecule has 1 aromatic rings. The highest BCUT2D eigenvalue weighted by Gasteiger charge is 2.25. The molecule has 0 bridgehead atoms. The number of benzene rings is 1. The molecule has 1 aliphatic rings. The zero-order valence-electron chi connectivity index (χ0n) is 8.53. The topological polar surface area (TPSA) is 53.5 Å². The summed E-state index contributed by atoms with van der Waals surface area (Å²) in [6.45, 7) is 1.84. The average Bonchev–Trinajstić information content (AvgIpc) is 2.58. The molecule has 0 spiro atoms. The lowest BCUT2D eigenvalue weighted by atomic mass is 10.3. The van der Waals surface area contributed by atoms with Crippen molar-refractivity contribution in [3.05, 3.63) is 29.3 Å². The van der Waals surface area contributed by atoms with E-state index in [0.29, 0.717) is 10.2 Å². The van der Waals surface area contributed by atoms with Crippen LogP contribution in [0.2, 0.25) is 5.02 Å². The van der Waals surface area contributed by atoms with Gasteiger partial charge in [0.15, 0.2) is 5.17 Å². The number of carbonyl (C=O) groups is 1. The van der Waals surface area contributed by atoms with Crippen LogP contribution in [-0.4, -0.2) is 16.3 Å². The Labute approximate surface area is 102 Å². The molecule has 1 aromatic carbocycles. The quantitative estimate of drug-likeness (QED) is 0.797. The normalized spacial score (nSPS) is 22.2. The van der Waals surface area contributed by atoms with Crippen LogP contribution in [0.3, 0.4) is 0 Å². The summed E-state index contributed by atoms with van der Waals surface area (Å²) in [5, 5.41) is 7.94. The fraction of sp³-hybridized carbons (Fsp3) is 0.200. The van der Waals surface area contributed by atoms with Gasteiger partial charge in [-0.05, 0) is 31.2 Å². The molecule has 0 saturated carbocycles. The maximum atomic E-state index is 11.2. The number of nitrogens with zero attached hydrogens (tertiary/aromatic N) is 1. The van der Waals surface area contributed by atoms with Crippen LogP contribution in [0, 0.1) is 0 Å². The number of nitrogens with one attached hydrogen (secondary N) is 2. The third-order valence-electron chi connectivity index (χ3n) is 2.02. The zero-order valence-corrected chi connectivity index (χ0v) is 10.1. The first-order valence-corrected chi connectivity index (χ1v) is 5.98. The lowest BCUT2D eigenvalue weighted by molar-refractivity contribution is -0.118. The summed E-state index contributed by atoms with van der Waals surface area (Å²) in [6.07, 6.45) is 0. The van der Waals surface area contributed by atoms with Gasteiger partial charge in [-0.2, -0.15) is 0 Å². The van der Waals surface area contributed by atoms with E-state index in [9.17, 15) is 4.79 Å². The summed E-state index contributed by atoms with van der Waals surface area (Å²) in [5.41, 5.74) is 3.67. The zero-order chi connectivity index (χ0) is 11.5. The van der Waals surface area contributed by atoms with E-state index in [-0.39, 0.29) is 11.2 Å². The van der Waals surface area contributed by atoms with Crippen molar-refractivity contribution in [3.8, 4) is 0 Å². The van der Waals surface area contributed by atoms with E-state index < -0.39 is 0 Å². The van der Waals surface area contributed by atoms with E-state index in [2.05, 4.69) is 15.8 Å². The second-order valence-electron chi connectivity index (χ2n) is 3.28. The fourth-order valence-electron chi connectivity index (χ4n) is 1.15. The molecule has 1 amide bonds. The van der Waals surface area contributed by atoms with E-state index in [1.165, 1.54) is 11.8 Å². The van der Waals surface area contributed by atoms with Crippen LogP contribution in [0.25, 0.3) is 0 Å². The number of amidine groups is 1. The Hall–Kier alpha value is -1.20. The first-order valence-electron chi connectivity index (χ1n) is 4.72. The largest absolute Gasteiger partial charge is 0.303 e. The van der Waals surface area contributed by atoms with Gasteiger partial charge in [0.1, 0.15) is 0 Å². The minimum absolute atomic E-state index is 0.0124. The van der Waals surface area contributed by atoms with E-state index in [4.69, 9.17) is 11.6 Å². The lowest BCUT2D eigenvalue weighted by Crippen LogP contribution is -2.23. The van der Waals surface area contributed by atoms with Crippen molar-refractivity contribution >= 4 is 40.1 Å². The Kier molecular flexibility index (Phi) is 3.36. The van der Waals surface area contributed by atoms with Gasteiger partial charge in [0.2, 0.25) is 5.91 Å². The van der Waals surface area contributed by atoms with E-state index in [1.54, 1.807) is 12.1 Å². The molecule has 0 radical (unpaired) electrons. The summed E-state index contributed by atoms with van der Waals surface area (Å²) in [7, 11) is 0. The maximum Gasteiger partial charge on any atom is 0.239 e. The molecule has 16 heavy (non-hydrogen) atoms. The number of carbonyl (C=O) groups excluding carboxylic acids is 1. The summed E-state index contributed by atoms with van der Waals surface area (Å²) in [6, 6.07) is 7.18. The van der Waals surface area contributed by atoms with Crippen LogP contribution in [0.1, 0.15) is 6.92 Å². The van der Waals surface area contributed by atoms with Crippen LogP contribution in [-0.2, 0) is 4.79 Å². The average molecular weight is 256 g/mol. The molecular weight excluding hydrogens is 246 g/mol. The molecule has 4 nitrogen and oxygen atoms in total. The molecular formula is C10H10ClN3OS. The summed E-state index contributed by atoms with van der Waals surface area (Å²) in [5.74, 6) is -0.0124. The Bertz CT molecular complexity index is 432. The van der Waals surface area contributed by atoms with Crippen LogP contribution in [0.15, 0.2) is 29.4 Å². The van der Waals surface area contributed by atoms with Gasteiger partial charge in [-0.1, -0.05) is 23.4 Å². The summed E-state index contributed by atoms with van der Waals surface area (Å²) >= 11 is 7.15. The van der Waals surface area contributed by atoms with Gasteiger partial charge in [0.25, 0.3) is 0 Å². The van der Waals surface area contributed by atoms with Crippen molar-refractivity contribution in [2.75, 3.05) is 5.43 Å². The van der Waals surface area contributed by atoms with Crippen LogP contribution in [0.4, 0.5) is 5.69 Å². The van der Waals surface area contributed by atoms with Crippen LogP contribution in [0.5, 0.6) is 0 Å². The SMILES string of the molecule is C[C@H]1S/C(=N\Nc2ccc(Cl)cc2)NC1=O. The van der Waals surface area contributed by atoms with Crippen molar-refractivity contribution in [2.24, 2.45) is 5.10 Å². The summed E-state index contributed by atoms with van der Waals surface area (Å²) in [4.78, 5) is 11.2. The predicted molar refractivity (Wildman–Crippen MR) is 67.7 cm³/mol. The highest BCUT2D eigenvalue weighted by Crippen LogP contribution is 2.19. The smallest absolute Gasteiger partial charge is 0.239 e. The number of thioether (sulfide) groups is 1. The van der Waals surface area contributed by atoms with Crippen molar-refractivity contribution in [1.29, 1.82) is 0 Å². The lowest BCUT2D eigenvalue weighted by Gasteiger charge is -2.00. The molecule has 2 N–H and O–H groups in total. The van der Waals surface area contributed by atoms with E-state index in [1.807, 2.05) is 19.1 Å². The molecule has 6 heteroatoms. The standard InChI is InChI=1S/C10H10ClN3OS/c1-6-9(15)12-10(16-6)14-13-8-4-2-7(11)3-5-8/h2-6,13H,1H3,(H,12,14,15)/t6-/m1/s1. The number of hydrogen-bond donors (Lipinski definition) is 2. The maximum absolute atomic E-state index is 11.2. The minimum Gasteiger partial charge on any atom is -0.303 e. The Balaban J connectivity index is 1.99. The predicted octanol–water partition coefficient (Wildman–Crippen LogP) is 2.27. The third-order valence-corrected chi connectivity index (χ3v) is 3.25. The van der Waals surface area contributed by atoms with E-state index >= 15 is 0 Å². The molecule has 0 aliphatic carbocycles. The molecule has 2 rings (SSSR count). The Morgan fingerprint density at radius 3 is 2.69 bits per heavy atom. The highest BCUT2D eigenvalue weighted by atomic mass is 35.5. The van der Waals surface area contributed by atoms with Crippen LogP contribution >= 0.6 is 23.4 Å². The molecule has 0 unspecified atom stereocenters. The van der Waals surface area contributed by atoms with Crippen molar-refractivity contribution in [3.63, 3.8) is 0 Å². The highest BCUT2D eigenvalue weighted by molar-refractivity contribution is 8.15. The second kappa shape index (κ2) is 4.76. The van der Waals surface area contributed by atoms with E-state index in [0.717, 1.165) is 5.69 Å². The third kappa shape index (κ3) is 2.68. The number of anilines is 1. The molecule has 0 aromatic heterocycles. The van der Waals surface area contributed by atoms with Gasteiger partial charge in [-0.3, -0.25) is 10.2 Å². The number of rotatable bonds is 2. The number of hydrazone groups is 1. The first-order chi connectivity index (χ1) is 7.65. The number of amides is 1. The van der Waals surface area contributed by atoms with Gasteiger partial charge < -0.3 is 5.32 Å².